The number of sulfone groups is 1. The molecule has 0 aromatic heterocycles. The van der Waals surface area contributed by atoms with E-state index in [1.165, 1.54) is 36.4 Å². The van der Waals surface area contributed by atoms with Crippen LogP contribution >= 0.6 is 0 Å². The van der Waals surface area contributed by atoms with Crippen molar-refractivity contribution in [1.82, 2.24) is 0 Å². The number of non-ortho nitro benzene ring substituents is 1. The number of anilines is 1. The third kappa shape index (κ3) is 3.47. The second-order valence-electron chi connectivity index (χ2n) is 4.56. The first-order chi connectivity index (χ1) is 10.3. The molecule has 0 fully saturated rings. The Kier molecular flexibility index (Phi) is 4.22. The van der Waals surface area contributed by atoms with Crippen LogP contribution < -0.4 is 5.73 Å². The fraction of sp³-hybridized carbons (Fsp3) is 0.0714. The summed E-state index contributed by atoms with van der Waals surface area (Å²) in [6.07, 6.45) is 0. The molecule has 0 heterocycles. The summed E-state index contributed by atoms with van der Waals surface area (Å²) in [5.74, 6) is -1.35. The highest BCUT2D eigenvalue weighted by Crippen LogP contribution is 2.17. The molecule has 0 aliphatic rings. The monoisotopic (exact) mass is 320 g/mol. The lowest BCUT2D eigenvalue weighted by Gasteiger charge is -2.04. The van der Waals surface area contributed by atoms with Gasteiger partial charge in [0, 0.05) is 23.4 Å². The van der Waals surface area contributed by atoms with E-state index in [2.05, 4.69) is 0 Å². The number of nitro benzene ring substituents is 1. The van der Waals surface area contributed by atoms with Gasteiger partial charge in [0.15, 0.2) is 15.6 Å². The Morgan fingerprint density at radius 3 is 2.09 bits per heavy atom. The van der Waals surface area contributed by atoms with Crippen LogP contribution in [0.25, 0.3) is 0 Å². The van der Waals surface area contributed by atoms with E-state index >= 15 is 0 Å². The summed E-state index contributed by atoms with van der Waals surface area (Å²) in [5.41, 5.74) is 5.83. The van der Waals surface area contributed by atoms with Gasteiger partial charge in [-0.05, 0) is 36.4 Å². The second kappa shape index (κ2) is 5.94. The van der Waals surface area contributed by atoms with Gasteiger partial charge in [0.2, 0.25) is 0 Å². The molecular weight excluding hydrogens is 308 g/mol. The molecule has 0 amide bonds. The normalized spacial score (nSPS) is 11.1. The standard InChI is InChI=1S/C14H12N2O5S/c15-11-3-7-13(8-4-11)22(20,21)9-14(17)10-1-5-12(6-2-10)16(18)19/h1-8H,9,15H2. The summed E-state index contributed by atoms with van der Waals surface area (Å²) in [7, 11) is -3.79. The number of nitrogens with two attached hydrogens (primary N) is 1. The number of benzene rings is 2. The molecule has 2 aromatic carbocycles. The number of nitrogens with zero attached hydrogens (tertiary/aromatic N) is 1. The zero-order valence-corrected chi connectivity index (χ0v) is 12.1. The zero-order chi connectivity index (χ0) is 16.3. The summed E-state index contributed by atoms with van der Waals surface area (Å²) in [4.78, 5) is 21.9. The molecule has 0 unspecified atom stereocenters. The van der Waals surface area contributed by atoms with E-state index in [9.17, 15) is 23.3 Å². The average Bonchev–Trinajstić information content (AvgIpc) is 2.47. The van der Waals surface area contributed by atoms with Crippen LogP contribution in [0.2, 0.25) is 0 Å². The summed E-state index contributed by atoms with van der Waals surface area (Å²) < 4.78 is 24.3. The molecule has 2 aromatic rings. The van der Waals surface area contributed by atoms with Crippen molar-refractivity contribution < 1.29 is 18.1 Å². The van der Waals surface area contributed by atoms with E-state index in [1.54, 1.807) is 0 Å². The lowest BCUT2D eigenvalue weighted by atomic mass is 10.1. The Hall–Kier alpha value is -2.74. The quantitative estimate of drug-likeness (QED) is 0.388. The van der Waals surface area contributed by atoms with Crippen molar-refractivity contribution in [3.8, 4) is 0 Å². The van der Waals surface area contributed by atoms with Gasteiger partial charge >= 0.3 is 0 Å². The fourth-order valence-electron chi connectivity index (χ4n) is 1.78. The molecule has 2 N–H and O–H groups in total. The zero-order valence-electron chi connectivity index (χ0n) is 11.3. The lowest BCUT2D eigenvalue weighted by molar-refractivity contribution is -0.384. The number of carbonyl (C=O) groups excluding carboxylic acids is 1. The third-order valence-electron chi connectivity index (χ3n) is 2.96. The summed E-state index contributed by atoms with van der Waals surface area (Å²) in [6, 6.07) is 10.3. The first-order valence-electron chi connectivity index (χ1n) is 6.15. The number of Topliss-reactive ketones (excluding diaryl/α,β-unsaturated/α-hetero) is 1. The second-order valence-corrected chi connectivity index (χ2v) is 6.54. The summed E-state index contributed by atoms with van der Waals surface area (Å²) >= 11 is 0. The Labute approximate surface area is 126 Å². The van der Waals surface area contributed by atoms with Gasteiger partial charge in [-0.2, -0.15) is 0 Å². The number of nitrogen functional groups attached to an aromatic ring is 1. The predicted octanol–water partition coefficient (Wildman–Crippen LogP) is 1.83. The van der Waals surface area contributed by atoms with Crippen LogP contribution in [0.4, 0.5) is 11.4 Å². The molecule has 0 saturated carbocycles. The van der Waals surface area contributed by atoms with Gasteiger partial charge in [-0.25, -0.2) is 8.42 Å². The number of ketones is 1. The van der Waals surface area contributed by atoms with Crippen molar-refractivity contribution in [3.63, 3.8) is 0 Å². The van der Waals surface area contributed by atoms with Crippen molar-refractivity contribution in [2.24, 2.45) is 0 Å². The summed E-state index contributed by atoms with van der Waals surface area (Å²) in [6.45, 7) is 0. The fourth-order valence-corrected chi connectivity index (χ4v) is 3.01. The van der Waals surface area contributed by atoms with E-state index < -0.39 is 26.3 Å². The van der Waals surface area contributed by atoms with Gasteiger partial charge < -0.3 is 5.73 Å². The van der Waals surface area contributed by atoms with Crippen molar-refractivity contribution >= 4 is 27.0 Å². The van der Waals surface area contributed by atoms with Crippen molar-refractivity contribution in [2.45, 2.75) is 4.90 Å². The van der Waals surface area contributed by atoms with Gasteiger partial charge in [-0.3, -0.25) is 14.9 Å². The first-order valence-corrected chi connectivity index (χ1v) is 7.81. The van der Waals surface area contributed by atoms with Crippen molar-refractivity contribution in [1.29, 1.82) is 0 Å². The molecule has 0 atom stereocenters. The highest BCUT2D eigenvalue weighted by atomic mass is 32.2. The maximum absolute atomic E-state index is 12.1. The topological polar surface area (TPSA) is 120 Å². The van der Waals surface area contributed by atoms with Crippen LogP contribution in [0.15, 0.2) is 53.4 Å². The molecule has 7 nitrogen and oxygen atoms in total. The minimum atomic E-state index is -3.79. The maximum atomic E-state index is 12.1. The van der Waals surface area contributed by atoms with Crippen LogP contribution in [-0.4, -0.2) is 24.9 Å². The highest BCUT2D eigenvalue weighted by Gasteiger charge is 2.20. The average molecular weight is 320 g/mol. The molecule has 8 heteroatoms. The van der Waals surface area contributed by atoms with Gasteiger partial charge in [0.05, 0.1) is 9.82 Å². The van der Waals surface area contributed by atoms with Crippen LogP contribution in [0, 0.1) is 10.1 Å². The number of hydrogen-bond acceptors (Lipinski definition) is 6. The molecular formula is C14H12N2O5S. The number of hydrogen-bond donors (Lipinski definition) is 1. The van der Waals surface area contributed by atoms with Gasteiger partial charge in [-0.1, -0.05) is 0 Å². The third-order valence-corrected chi connectivity index (χ3v) is 4.59. The smallest absolute Gasteiger partial charge is 0.269 e. The molecule has 0 saturated heterocycles. The largest absolute Gasteiger partial charge is 0.399 e. The molecule has 0 radical (unpaired) electrons. The van der Waals surface area contributed by atoms with Gasteiger partial charge in [-0.15, -0.1) is 0 Å². The van der Waals surface area contributed by atoms with E-state index in [0.29, 0.717) is 5.69 Å². The molecule has 114 valence electrons. The van der Waals surface area contributed by atoms with Gasteiger partial charge in [0.25, 0.3) is 5.69 Å². The van der Waals surface area contributed by atoms with Crippen LogP contribution in [-0.2, 0) is 9.84 Å². The predicted molar refractivity (Wildman–Crippen MR) is 80.3 cm³/mol. The minimum absolute atomic E-state index is 0.00281. The first kappa shape index (κ1) is 15.6. The molecule has 22 heavy (non-hydrogen) atoms. The van der Waals surface area contributed by atoms with E-state index in [0.717, 1.165) is 12.1 Å². The molecule has 0 aliphatic heterocycles. The number of nitro groups is 1. The Morgan fingerprint density at radius 1 is 1.05 bits per heavy atom. The van der Waals surface area contributed by atoms with E-state index in [-0.39, 0.29) is 16.1 Å². The van der Waals surface area contributed by atoms with Crippen LogP contribution in [0.1, 0.15) is 10.4 Å². The van der Waals surface area contributed by atoms with Gasteiger partial charge in [0.1, 0.15) is 5.75 Å². The Bertz CT molecular complexity index is 811. The van der Waals surface area contributed by atoms with Crippen LogP contribution in [0.3, 0.4) is 0 Å². The highest BCUT2D eigenvalue weighted by molar-refractivity contribution is 7.92. The molecule has 0 aliphatic carbocycles. The number of carbonyl (C=O) groups is 1. The van der Waals surface area contributed by atoms with E-state index in [4.69, 9.17) is 5.73 Å². The minimum Gasteiger partial charge on any atom is -0.399 e. The SMILES string of the molecule is Nc1ccc(S(=O)(=O)CC(=O)c2ccc([N+](=O)[O-])cc2)cc1. The van der Waals surface area contributed by atoms with Crippen LogP contribution in [0.5, 0.6) is 0 Å². The molecule has 2 rings (SSSR count). The molecule has 0 bridgehead atoms. The Morgan fingerprint density at radius 2 is 1.59 bits per heavy atom. The Balaban J connectivity index is 2.20. The maximum Gasteiger partial charge on any atom is 0.269 e. The summed E-state index contributed by atoms with van der Waals surface area (Å²) in [5, 5.41) is 10.5. The number of rotatable bonds is 5. The van der Waals surface area contributed by atoms with Crippen molar-refractivity contribution in [2.75, 3.05) is 11.5 Å². The van der Waals surface area contributed by atoms with Crippen molar-refractivity contribution in [3.05, 3.63) is 64.2 Å². The molecule has 0 spiro atoms. The van der Waals surface area contributed by atoms with E-state index in [1.807, 2.05) is 0 Å². The lowest BCUT2D eigenvalue weighted by Crippen LogP contribution is -2.16.